The standard InChI is InChI=1S/C40H25N3O.Pt/c1-3-12-28(13-4-1)33-23-24-36(29-14-5-2-6-15-29)42-40(33)43-37-19-8-7-18-34(37)35-22-21-31(27-38(35)43)30-16-11-17-32(26-30)44-39-20-9-10-25-41-39;/h1-25H;/q-2;+2. The first-order chi connectivity index (χ1) is 21.8. The van der Waals surface area contributed by atoms with Gasteiger partial charge in [0, 0.05) is 34.7 Å². The molecule has 0 amide bonds. The summed E-state index contributed by atoms with van der Waals surface area (Å²) in [6.45, 7) is 0. The van der Waals surface area contributed by atoms with Gasteiger partial charge in [-0.05, 0) is 40.7 Å². The molecule has 0 bridgehead atoms. The monoisotopic (exact) mass is 758 g/mol. The van der Waals surface area contributed by atoms with Gasteiger partial charge in [0.25, 0.3) is 0 Å². The number of aromatic nitrogens is 3. The van der Waals surface area contributed by atoms with E-state index >= 15 is 0 Å². The van der Waals surface area contributed by atoms with E-state index in [0.717, 1.165) is 61.1 Å². The molecule has 0 saturated heterocycles. The SMILES string of the molecule is [Pt+2].[c-]1c(Oc2ccccn2)cccc1-c1[c-]c2c(cc1)c1ccccc1n2-c1nc(-c2ccccc2)ccc1-c1ccccc1. The molecule has 5 heteroatoms. The molecule has 45 heavy (non-hydrogen) atoms. The zero-order valence-corrected chi connectivity index (χ0v) is 26.3. The van der Waals surface area contributed by atoms with Crippen molar-refractivity contribution in [3.63, 3.8) is 0 Å². The van der Waals surface area contributed by atoms with Gasteiger partial charge in [-0.15, -0.1) is 18.2 Å². The van der Waals surface area contributed by atoms with E-state index in [1.807, 2.05) is 60.7 Å². The Kier molecular flexibility index (Phi) is 7.81. The number of hydrogen-bond donors (Lipinski definition) is 0. The fourth-order valence-corrected chi connectivity index (χ4v) is 5.69. The molecule has 0 atom stereocenters. The van der Waals surface area contributed by atoms with Gasteiger partial charge in [0.05, 0.1) is 5.69 Å². The summed E-state index contributed by atoms with van der Waals surface area (Å²) in [5.41, 5.74) is 7.94. The topological polar surface area (TPSA) is 39.9 Å². The molecule has 5 aromatic carbocycles. The Hall–Kier alpha value is -5.31. The number of rotatable bonds is 6. The summed E-state index contributed by atoms with van der Waals surface area (Å²) in [6, 6.07) is 56.4. The van der Waals surface area contributed by atoms with Crippen molar-refractivity contribution in [2.45, 2.75) is 0 Å². The molecule has 0 fully saturated rings. The predicted molar refractivity (Wildman–Crippen MR) is 177 cm³/mol. The third-order valence-corrected chi connectivity index (χ3v) is 7.74. The Morgan fingerprint density at radius 1 is 0.556 bits per heavy atom. The molecule has 0 radical (unpaired) electrons. The molecule has 216 valence electrons. The molecule has 0 aliphatic heterocycles. The van der Waals surface area contributed by atoms with Crippen molar-refractivity contribution in [1.29, 1.82) is 0 Å². The maximum absolute atomic E-state index is 5.99. The average molecular weight is 759 g/mol. The van der Waals surface area contributed by atoms with Crippen LogP contribution in [0.2, 0.25) is 0 Å². The minimum atomic E-state index is 0. The van der Waals surface area contributed by atoms with E-state index in [2.05, 4.69) is 107 Å². The Balaban J connectivity index is 0.00000325. The molecular formula is C40H25N3OPt. The van der Waals surface area contributed by atoms with Crippen LogP contribution in [0.3, 0.4) is 0 Å². The van der Waals surface area contributed by atoms with Gasteiger partial charge in [-0.3, -0.25) is 0 Å². The van der Waals surface area contributed by atoms with Crippen molar-refractivity contribution >= 4 is 21.8 Å². The van der Waals surface area contributed by atoms with Crippen LogP contribution in [0.15, 0.2) is 152 Å². The molecular weight excluding hydrogens is 734 g/mol. The van der Waals surface area contributed by atoms with Crippen LogP contribution in [0.4, 0.5) is 0 Å². The fourth-order valence-electron chi connectivity index (χ4n) is 5.69. The van der Waals surface area contributed by atoms with Crippen LogP contribution in [0.25, 0.3) is 61.1 Å². The number of fused-ring (bicyclic) bond motifs is 3. The Morgan fingerprint density at radius 3 is 2.09 bits per heavy atom. The van der Waals surface area contributed by atoms with Crippen LogP contribution >= 0.6 is 0 Å². The van der Waals surface area contributed by atoms with E-state index in [0.29, 0.717) is 11.6 Å². The van der Waals surface area contributed by atoms with Crippen molar-refractivity contribution in [2.24, 2.45) is 0 Å². The smallest absolute Gasteiger partial charge is 0.460 e. The van der Waals surface area contributed by atoms with Gasteiger partial charge in [0.2, 0.25) is 5.88 Å². The summed E-state index contributed by atoms with van der Waals surface area (Å²) in [5, 5.41) is 2.25. The molecule has 8 aromatic rings. The van der Waals surface area contributed by atoms with Gasteiger partial charge in [-0.1, -0.05) is 90.3 Å². The van der Waals surface area contributed by atoms with Gasteiger partial charge in [-0.2, -0.15) is 24.3 Å². The first kappa shape index (κ1) is 28.5. The average Bonchev–Trinajstić information content (AvgIpc) is 3.43. The fraction of sp³-hybridized carbons (Fsp3) is 0. The molecule has 8 rings (SSSR count). The normalized spacial score (nSPS) is 10.9. The maximum Gasteiger partial charge on any atom is 2.00 e. The second kappa shape index (κ2) is 12.4. The number of pyridine rings is 2. The number of hydrogen-bond acceptors (Lipinski definition) is 3. The van der Waals surface area contributed by atoms with E-state index in [1.165, 1.54) is 0 Å². The van der Waals surface area contributed by atoms with Gasteiger partial charge in [0.15, 0.2) is 0 Å². The van der Waals surface area contributed by atoms with Crippen LogP contribution in [0, 0.1) is 12.1 Å². The Labute approximate surface area is 275 Å². The van der Waals surface area contributed by atoms with E-state index in [1.54, 1.807) is 6.20 Å². The van der Waals surface area contributed by atoms with Crippen LogP contribution in [0.1, 0.15) is 0 Å². The summed E-state index contributed by atoms with van der Waals surface area (Å²) in [4.78, 5) is 9.62. The molecule has 0 unspecified atom stereocenters. The molecule has 3 heterocycles. The minimum Gasteiger partial charge on any atom is -0.460 e. The van der Waals surface area contributed by atoms with E-state index in [-0.39, 0.29) is 21.1 Å². The summed E-state index contributed by atoms with van der Waals surface area (Å²) in [7, 11) is 0. The molecule has 4 nitrogen and oxygen atoms in total. The molecule has 0 spiro atoms. The van der Waals surface area contributed by atoms with Crippen LogP contribution in [-0.4, -0.2) is 14.5 Å². The summed E-state index contributed by atoms with van der Waals surface area (Å²) < 4.78 is 8.24. The maximum atomic E-state index is 5.99. The van der Waals surface area contributed by atoms with E-state index in [9.17, 15) is 0 Å². The third kappa shape index (κ3) is 5.46. The zero-order valence-electron chi connectivity index (χ0n) is 24.0. The molecule has 0 aliphatic carbocycles. The number of ether oxygens (including phenoxy) is 1. The van der Waals surface area contributed by atoms with Gasteiger partial charge in [-0.25, -0.2) is 21.1 Å². The summed E-state index contributed by atoms with van der Waals surface area (Å²) in [6.07, 6.45) is 1.71. The Morgan fingerprint density at radius 2 is 1.29 bits per heavy atom. The van der Waals surface area contributed by atoms with Crippen molar-refractivity contribution < 1.29 is 25.8 Å². The predicted octanol–water partition coefficient (Wildman–Crippen LogP) is 9.96. The van der Waals surface area contributed by atoms with Crippen LogP contribution in [0.5, 0.6) is 11.6 Å². The second-order valence-electron chi connectivity index (χ2n) is 10.5. The molecule has 0 saturated carbocycles. The van der Waals surface area contributed by atoms with E-state index < -0.39 is 0 Å². The first-order valence-corrected chi connectivity index (χ1v) is 14.5. The largest absolute Gasteiger partial charge is 2.00 e. The second-order valence-corrected chi connectivity index (χ2v) is 10.5. The van der Waals surface area contributed by atoms with E-state index in [4.69, 9.17) is 9.72 Å². The zero-order chi connectivity index (χ0) is 29.3. The molecule has 3 aromatic heterocycles. The van der Waals surface area contributed by atoms with Gasteiger partial charge in [0.1, 0.15) is 5.82 Å². The van der Waals surface area contributed by atoms with Crippen molar-refractivity contribution in [1.82, 2.24) is 14.5 Å². The van der Waals surface area contributed by atoms with Crippen molar-refractivity contribution in [2.75, 3.05) is 0 Å². The van der Waals surface area contributed by atoms with Crippen molar-refractivity contribution in [3.8, 4) is 51.0 Å². The summed E-state index contributed by atoms with van der Waals surface area (Å²) >= 11 is 0. The van der Waals surface area contributed by atoms with Crippen LogP contribution < -0.4 is 4.74 Å². The third-order valence-electron chi connectivity index (χ3n) is 7.74. The molecule has 0 aliphatic rings. The van der Waals surface area contributed by atoms with Gasteiger partial charge >= 0.3 is 21.1 Å². The number of benzene rings is 5. The summed E-state index contributed by atoms with van der Waals surface area (Å²) in [5.74, 6) is 1.98. The van der Waals surface area contributed by atoms with Crippen LogP contribution in [-0.2, 0) is 21.1 Å². The number of para-hydroxylation sites is 1. The molecule has 0 N–H and O–H groups in total. The minimum absolute atomic E-state index is 0. The quantitative estimate of drug-likeness (QED) is 0.159. The van der Waals surface area contributed by atoms with Crippen molar-refractivity contribution in [3.05, 3.63) is 164 Å². The number of nitrogens with zero attached hydrogens (tertiary/aromatic N) is 3. The van der Waals surface area contributed by atoms with Gasteiger partial charge < -0.3 is 9.30 Å². The Bertz CT molecular complexity index is 2250. The first-order valence-electron chi connectivity index (χ1n) is 14.5.